The molecule has 1 amide bonds. The smallest absolute Gasteiger partial charge is 0.223 e. The van der Waals surface area contributed by atoms with Gasteiger partial charge >= 0.3 is 0 Å². The van der Waals surface area contributed by atoms with Crippen molar-refractivity contribution in [3.63, 3.8) is 0 Å². The first-order chi connectivity index (χ1) is 9.15. The molecular weight excluding hydrogens is 245 g/mol. The van der Waals surface area contributed by atoms with E-state index >= 15 is 0 Å². The minimum absolute atomic E-state index is 0.0227. The molecule has 0 bridgehead atoms. The molecule has 100 valence electrons. The summed E-state index contributed by atoms with van der Waals surface area (Å²) in [7, 11) is 0. The summed E-state index contributed by atoms with van der Waals surface area (Å²) in [6, 6.07) is 5.95. The van der Waals surface area contributed by atoms with Crippen molar-refractivity contribution in [2.75, 3.05) is 0 Å². The highest BCUT2D eigenvalue weighted by Crippen LogP contribution is 2.35. The zero-order valence-corrected chi connectivity index (χ0v) is 10.6. The van der Waals surface area contributed by atoms with Crippen LogP contribution < -0.4 is 0 Å². The lowest BCUT2D eigenvalue weighted by Gasteiger charge is -2.30. The van der Waals surface area contributed by atoms with Gasteiger partial charge in [-0.05, 0) is 36.5 Å². The predicted octanol–water partition coefficient (Wildman–Crippen LogP) is 2.30. The van der Waals surface area contributed by atoms with Gasteiger partial charge in [-0.1, -0.05) is 12.1 Å². The van der Waals surface area contributed by atoms with E-state index < -0.39 is 0 Å². The predicted molar refractivity (Wildman–Crippen MR) is 67.7 cm³/mol. The molecule has 2 aliphatic rings. The minimum atomic E-state index is -0.310. The van der Waals surface area contributed by atoms with Gasteiger partial charge in [-0.3, -0.25) is 9.59 Å². The number of likely N-dealkylation sites (tertiary alicyclic amines) is 1. The normalized spacial score (nSPS) is 26.7. The second-order valence-corrected chi connectivity index (χ2v) is 5.42. The molecule has 0 radical (unpaired) electrons. The van der Waals surface area contributed by atoms with Gasteiger partial charge in [-0.15, -0.1) is 0 Å². The van der Waals surface area contributed by atoms with Crippen molar-refractivity contribution in [2.45, 2.75) is 38.3 Å². The van der Waals surface area contributed by atoms with Gasteiger partial charge in [0.1, 0.15) is 5.82 Å². The molecule has 1 heterocycles. The minimum Gasteiger partial charge on any atom is -0.328 e. The molecule has 0 N–H and O–H groups in total. The summed E-state index contributed by atoms with van der Waals surface area (Å²) < 4.78 is 13.2. The average Bonchev–Trinajstić information content (AvgIpc) is 2.67. The summed E-state index contributed by atoms with van der Waals surface area (Å²) in [5, 5.41) is 0. The topological polar surface area (TPSA) is 37.4 Å². The number of carbonyl (C=O) groups is 2. The molecule has 3 rings (SSSR count). The number of benzene rings is 1. The standard InChI is InChI=1S/C15H16FNO2/c16-12-5-1-3-10(7-12)9-17-14(19)8-11-4-2-6-13(18)15(11)17/h1,3,5,7,11,15H,2,4,6,8-9H2/t11-,15-/m1/s1. The lowest BCUT2D eigenvalue weighted by atomic mass is 9.84. The summed E-state index contributed by atoms with van der Waals surface area (Å²) in [4.78, 5) is 25.7. The third-order valence-corrected chi connectivity index (χ3v) is 4.11. The molecule has 1 saturated carbocycles. The summed E-state index contributed by atoms with van der Waals surface area (Å²) in [6.07, 6.45) is 2.86. The van der Waals surface area contributed by atoms with Crippen LogP contribution in [0, 0.1) is 11.7 Å². The maximum Gasteiger partial charge on any atom is 0.223 e. The Morgan fingerprint density at radius 3 is 2.95 bits per heavy atom. The number of Topliss-reactive ketones (excluding diaryl/α,β-unsaturated/α-hetero) is 1. The van der Waals surface area contributed by atoms with Gasteiger partial charge in [0.2, 0.25) is 5.91 Å². The molecule has 4 heteroatoms. The van der Waals surface area contributed by atoms with Crippen LogP contribution in [0.25, 0.3) is 0 Å². The van der Waals surface area contributed by atoms with Crippen LogP contribution >= 0.6 is 0 Å². The van der Waals surface area contributed by atoms with Crippen LogP contribution in [0.2, 0.25) is 0 Å². The van der Waals surface area contributed by atoms with E-state index in [1.54, 1.807) is 17.0 Å². The maximum absolute atomic E-state index is 13.2. The van der Waals surface area contributed by atoms with Crippen molar-refractivity contribution in [1.29, 1.82) is 0 Å². The van der Waals surface area contributed by atoms with Crippen molar-refractivity contribution in [3.8, 4) is 0 Å². The monoisotopic (exact) mass is 261 g/mol. The number of fused-ring (bicyclic) bond motifs is 1. The molecule has 2 atom stereocenters. The van der Waals surface area contributed by atoms with E-state index in [1.165, 1.54) is 12.1 Å². The number of hydrogen-bond acceptors (Lipinski definition) is 2. The van der Waals surface area contributed by atoms with E-state index in [9.17, 15) is 14.0 Å². The molecule has 1 saturated heterocycles. The van der Waals surface area contributed by atoms with Crippen LogP contribution in [0.15, 0.2) is 24.3 Å². The molecular formula is C15H16FNO2. The van der Waals surface area contributed by atoms with Crippen molar-refractivity contribution >= 4 is 11.7 Å². The fourth-order valence-corrected chi connectivity index (χ4v) is 3.26. The fraction of sp³-hybridized carbons (Fsp3) is 0.467. The van der Waals surface area contributed by atoms with Crippen LogP contribution in [0.4, 0.5) is 4.39 Å². The Morgan fingerprint density at radius 2 is 2.16 bits per heavy atom. The number of rotatable bonds is 2. The van der Waals surface area contributed by atoms with Crippen LogP contribution in [-0.2, 0) is 16.1 Å². The number of ketones is 1. The maximum atomic E-state index is 13.2. The summed E-state index contributed by atoms with van der Waals surface area (Å²) in [5.41, 5.74) is 0.743. The van der Waals surface area contributed by atoms with E-state index in [-0.39, 0.29) is 29.5 Å². The van der Waals surface area contributed by atoms with Gasteiger partial charge < -0.3 is 4.90 Å². The third kappa shape index (κ3) is 2.27. The van der Waals surface area contributed by atoms with Gasteiger partial charge in [0.25, 0.3) is 0 Å². The lowest BCUT2D eigenvalue weighted by molar-refractivity contribution is -0.135. The zero-order chi connectivity index (χ0) is 13.4. The quantitative estimate of drug-likeness (QED) is 0.819. The molecule has 0 spiro atoms. The number of amides is 1. The zero-order valence-electron chi connectivity index (χ0n) is 10.6. The molecule has 19 heavy (non-hydrogen) atoms. The fourth-order valence-electron chi connectivity index (χ4n) is 3.26. The van der Waals surface area contributed by atoms with Gasteiger partial charge in [-0.25, -0.2) is 4.39 Å². The molecule has 0 aromatic heterocycles. The van der Waals surface area contributed by atoms with Crippen molar-refractivity contribution in [1.82, 2.24) is 4.90 Å². The first-order valence-electron chi connectivity index (χ1n) is 6.72. The first-order valence-corrected chi connectivity index (χ1v) is 6.72. The summed E-state index contributed by atoms with van der Waals surface area (Å²) >= 11 is 0. The third-order valence-electron chi connectivity index (χ3n) is 4.11. The molecule has 1 aromatic rings. The Morgan fingerprint density at radius 1 is 1.32 bits per heavy atom. The lowest BCUT2D eigenvalue weighted by Crippen LogP contribution is -2.42. The molecule has 1 aliphatic heterocycles. The number of halogens is 1. The van der Waals surface area contributed by atoms with Crippen LogP contribution in [0.3, 0.4) is 0 Å². The average molecular weight is 261 g/mol. The van der Waals surface area contributed by atoms with Crippen LogP contribution in [0.5, 0.6) is 0 Å². The Hall–Kier alpha value is -1.71. The first kappa shape index (κ1) is 12.3. The SMILES string of the molecule is O=C1CCC[C@@H]2CC(=O)N(Cc3cccc(F)c3)[C@@H]12. The van der Waals surface area contributed by atoms with E-state index in [4.69, 9.17) is 0 Å². The van der Waals surface area contributed by atoms with Crippen molar-refractivity contribution < 1.29 is 14.0 Å². The highest BCUT2D eigenvalue weighted by atomic mass is 19.1. The van der Waals surface area contributed by atoms with E-state index in [0.717, 1.165) is 18.4 Å². The van der Waals surface area contributed by atoms with Crippen LogP contribution in [0.1, 0.15) is 31.2 Å². The van der Waals surface area contributed by atoms with E-state index in [0.29, 0.717) is 19.4 Å². The molecule has 1 aromatic carbocycles. The van der Waals surface area contributed by atoms with Crippen molar-refractivity contribution in [2.24, 2.45) is 5.92 Å². The van der Waals surface area contributed by atoms with Crippen molar-refractivity contribution in [3.05, 3.63) is 35.6 Å². The van der Waals surface area contributed by atoms with E-state index in [1.807, 2.05) is 0 Å². The Bertz CT molecular complexity index is 529. The number of hydrogen-bond donors (Lipinski definition) is 0. The van der Waals surface area contributed by atoms with Gasteiger partial charge in [0.05, 0.1) is 6.04 Å². The number of nitrogens with zero attached hydrogens (tertiary/aromatic N) is 1. The van der Waals surface area contributed by atoms with E-state index in [2.05, 4.69) is 0 Å². The summed E-state index contributed by atoms with van der Waals surface area (Å²) in [5.74, 6) is 0.0472. The molecule has 3 nitrogen and oxygen atoms in total. The Balaban J connectivity index is 1.83. The molecule has 2 fully saturated rings. The van der Waals surface area contributed by atoms with Gasteiger partial charge in [0.15, 0.2) is 5.78 Å². The second kappa shape index (κ2) is 4.76. The number of carbonyl (C=O) groups excluding carboxylic acids is 2. The molecule has 0 unspecified atom stereocenters. The van der Waals surface area contributed by atoms with Gasteiger partial charge in [0, 0.05) is 19.4 Å². The Labute approximate surface area is 111 Å². The highest BCUT2D eigenvalue weighted by Gasteiger charge is 2.45. The second-order valence-electron chi connectivity index (χ2n) is 5.42. The Kier molecular flexibility index (Phi) is 3.09. The van der Waals surface area contributed by atoms with Crippen LogP contribution in [-0.4, -0.2) is 22.6 Å². The van der Waals surface area contributed by atoms with Gasteiger partial charge in [-0.2, -0.15) is 0 Å². The highest BCUT2D eigenvalue weighted by molar-refractivity contribution is 5.93. The largest absolute Gasteiger partial charge is 0.328 e. The summed E-state index contributed by atoms with van der Waals surface area (Å²) in [6.45, 7) is 0.337. The molecule has 1 aliphatic carbocycles.